The van der Waals surface area contributed by atoms with E-state index in [4.69, 9.17) is 0 Å². The number of aliphatic hydroxyl groups is 1. The van der Waals surface area contributed by atoms with Gasteiger partial charge in [-0.05, 0) is 34.3 Å². The quantitative estimate of drug-likeness (QED) is 0.927. The normalized spacial score (nSPS) is 22.3. The van der Waals surface area contributed by atoms with Gasteiger partial charge in [0.25, 0.3) is 0 Å². The van der Waals surface area contributed by atoms with E-state index in [1.807, 2.05) is 18.2 Å². The van der Waals surface area contributed by atoms with Crippen LogP contribution >= 0.6 is 15.9 Å². The molecule has 5 heteroatoms. The summed E-state index contributed by atoms with van der Waals surface area (Å²) in [4.78, 5) is 10.9. The summed E-state index contributed by atoms with van der Waals surface area (Å²) in [6.07, 6.45) is 5.54. The van der Waals surface area contributed by atoms with Crippen LogP contribution in [0.3, 0.4) is 0 Å². The number of hydrogen-bond donors (Lipinski definition) is 1. The highest BCUT2D eigenvalue weighted by atomic mass is 79.9. The zero-order valence-electron chi connectivity index (χ0n) is 11.7. The molecule has 0 saturated carbocycles. The second-order valence-electron chi connectivity index (χ2n) is 5.53. The SMILES string of the molecule is OC[C@@]1(c2ccccc2)CCCN(c2ncc(Br)cn2)C1. The Kier molecular flexibility index (Phi) is 4.22. The lowest BCUT2D eigenvalue weighted by Gasteiger charge is -2.42. The molecule has 1 atom stereocenters. The molecule has 0 bridgehead atoms. The number of nitrogens with zero attached hydrogens (tertiary/aromatic N) is 3. The van der Waals surface area contributed by atoms with Gasteiger partial charge >= 0.3 is 0 Å². The minimum atomic E-state index is -0.226. The number of rotatable bonds is 3. The van der Waals surface area contributed by atoms with Crippen LogP contribution in [0.25, 0.3) is 0 Å². The van der Waals surface area contributed by atoms with Gasteiger partial charge in [-0.25, -0.2) is 9.97 Å². The first-order valence-corrected chi connectivity index (χ1v) is 7.92. The van der Waals surface area contributed by atoms with Gasteiger partial charge in [-0.15, -0.1) is 0 Å². The van der Waals surface area contributed by atoms with Crippen molar-refractivity contribution >= 4 is 21.9 Å². The van der Waals surface area contributed by atoms with Crippen molar-refractivity contribution in [1.29, 1.82) is 0 Å². The first-order valence-electron chi connectivity index (χ1n) is 7.12. The van der Waals surface area contributed by atoms with Crippen LogP contribution in [-0.2, 0) is 5.41 Å². The molecular formula is C16H18BrN3O. The number of anilines is 1. The molecule has 2 heterocycles. The van der Waals surface area contributed by atoms with Crippen LogP contribution in [0.4, 0.5) is 5.95 Å². The van der Waals surface area contributed by atoms with Crippen LogP contribution in [0, 0.1) is 0 Å². The third kappa shape index (κ3) is 2.94. The van der Waals surface area contributed by atoms with Crippen LogP contribution in [-0.4, -0.2) is 34.8 Å². The van der Waals surface area contributed by atoms with Gasteiger partial charge in [0.2, 0.25) is 5.95 Å². The monoisotopic (exact) mass is 347 g/mol. The van der Waals surface area contributed by atoms with Gasteiger partial charge < -0.3 is 10.0 Å². The molecule has 1 saturated heterocycles. The summed E-state index contributed by atoms with van der Waals surface area (Å²) in [6, 6.07) is 10.3. The summed E-state index contributed by atoms with van der Waals surface area (Å²) in [7, 11) is 0. The van der Waals surface area contributed by atoms with E-state index in [-0.39, 0.29) is 12.0 Å². The first kappa shape index (κ1) is 14.5. The fourth-order valence-corrected chi connectivity index (χ4v) is 3.22. The number of piperidine rings is 1. The molecule has 4 nitrogen and oxygen atoms in total. The fourth-order valence-electron chi connectivity index (χ4n) is 3.02. The van der Waals surface area contributed by atoms with Gasteiger partial charge in [0.15, 0.2) is 0 Å². The number of aliphatic hydroxyl groups excluding tert-OH is 1. The maximum Gasteiger partial charge on any atom is 0.225 e. The molecule has 2 aromatic rings. The van der Waals surface area contributed by atoms with Crippen molar-refractivity contribution in [3.8, 4) is 0 Å². The predicted octanol–water partition coefficient (Wildman–Crippen LogP) is 2.77. The van der Waals surface area contributed by atoms with Gasteiger partial charge in [0.1, 0.15) is 0 Å². The molecule has 1 aliphatic rings. The van der Waals surface area contributed by atoms with Gasteiger partial charge in [-0.3, -0.25) is 0 Å². The maximum absolute atomic E-state index is 10.0. The van der Waals surface area contributed by atoms with Gasteiger partial charge in [-0.1, -0.05) is 30.3 Å². The second-order valence-corrected chi connectivity index (χ2v) is 6.45. The molecule has 0 aliphatic carbocycles. The number of aromatic nitrogens is 2. The summed E-state index contributed by atoms with van der Waals surface area (Å²) >= 11 is 3.36. The van der Waals surface area contributed by atoms with Crippen LogP contribution < -0.4 is 4.90 Å². The van der Waals surface area contributed by atoms with Crippen LogP contribution in [0.15, 0.2) is 47.2 Å². The Labute approximate surface area is 133 Å². The van der Waals surface area contributed by atoms with Crippen LogP contribution in [0.5, 0.6) is 0 Å². The highest BCUT2D eigenvalue weighted by molar-refractivity contribution is 9.10. The number of benzene rings is 1. The minimum Gasteiger partial charge on any atom is -0.395 e. The van der Waals surface area contributed by atoms with E-state index in [1.165, 1.54) is 5.56 Å². The third-order valence-corrected chi connectivity index (χ3v) is 4.56. The van der Waals surface area contributed by atoms with Crippen molar-refractivity contribution in [3.63, 3.8) is 0 Å². The Bertz CT molecular complexity index is 590. The molecule has 0 amide bonds. The van der Waals surface area contributed by atoms with E-state index in [2.05, 4.69) is 42.9 Å². The Morgan fingerprint density at radius 3 is 2.57 bits per heavy atom. The number of hydrogen-bond acceptors (Lipinski definition) is 4. The molecule has 1 fully saturated rings. The molecule has 21 heavy (non-hydrogen) atoms. The van der Waals surface area contributed by atoms with Crippen molar-refractivity contribution in [2.24, 2.45) is 0 Å². The largest absolute Gasteiger partial charge is 0.395 e. The van der Waals surface area contributed by atoms with E-state index < -0.39 is 0 Å². The van der Waals surface area contributed by atoms with E-state index in [0.29, 0.717) is 0 Å². The summed E-state index contributed by atoms with van der Waals surface area (Å²) in [5, 5.41) is 10.0. The third-order valence-electron chi connectivity index (χ3n) is 4.16. The maximum atomic E-state index is 10.0. The van der Waals surface area contributed by atoms with Crippen molar-refractivity contribution in [2.45, 2.75) is 18.3 Å². The molecular weight excluding hydrogens is 330 g/mol. The Balaban J connectivity index is 1.88. The average Bonchev–Trinajstić information content (AvgIpc) is 2.56. The lowest BCUT2D eigenvalue weighted by molar-refractivity contribution is 0.172. The molecule has 1 aliphatic heterocycles. The van der Waals surface area contributed by atoms with E-state index in [0.717, 1.165) is 36.4 Å². The van der Waals surface area contributed by atoms with Gasteiger partial charge in [-0.2, -0.15) is 0 Å². The van der Waals surface area contributed by atoms with Crippen molar-refractivity contribution in [2.75, 3.05) is 24.6 Å². The summed E-state index contributed by atoms with van der Waals surface area (Å²) in [5.41, 5.74) is 0.963. The molecule has 0 unspecified atom stereocenters. The second kappa shape index (κ2) is 6.12. The van der Waals surface area contributed by atoms with Crippen molar-refractivity contribution in [3.05, 3.63) is 52.8 Å². The van der Waals surface area contributed by atoms with Crippen molar-refractivity contribution < 1.29 is 5.11 Å². The molecule has 3 rings (SSSR count). The van der Waals surface area contributed by atoms with Crippen LogP contribution in [0.2, 0.25) is 0 Å². The summed E-state index contributed by atoms with van der Waals surface area (Å²) < 4.78 is 0.875. The molecule has 1 aromatic heterocycles. The molecule has 0 radical (unpaired) electrons. The van der Waals surface area contributed by atoms with E-state index in [9.17, 15) is 5.11 Å². The summed E-state index contributed by atoms with van der Waals surface area (Å²) in [6.45, 7) is 1.81. The predicted molar refractivity (Wildman–Crippen MR) is 86.4 cm³/mol. The average molecular weight is 348 g/mol. The standard InChI is InChI=1S/C16H18BrN3O/c17-14-9-18-15(19-10-14)20-8-4-7-16(11-20,12-21)13-5-2-1-3-6-13/h1-3,5-6,9-10,21H,4,7-8,11-12H2/t16-/m1/s1. The Morgan fingerprint density at radius 2 is 1.90 bits per heavy atom. The molecule has 1 N–H and O–H groups in total. The smallest absolute Gasteiger partial charge is 0.225 e. The van der Waals surface area contributed by atoms with Crippen molar-refractivity contribution in [1.82, 2.24) is 9.97 Å². The van der Waals surface area contributed by atoms with E-state index in [1.54, 1.807) is 12.4 Å². The Hall–Kier alpha value is -1.46. The molecule has 110 valence electrons. The lowest BCUT2D eigenvalue weighted by Crippen LogP contribution is -2.49. The highest BCUT2D eigenvalue weighted by Gasteiger charge is 2.37. The fraction of sp³-hybridized carbons (Fsp3) is 0.375. The number of halogens is 1. The topological polar surface area (TPSA) is 49.2 Å². The van der Waals surface area contributed by atoms with Crippen LogP contribution in [0.1, 0.15) is 18.4 Å². The molecule has 0 spiro atoms. The first-order chi connectivity index (χ1) is 10.2. The Morgan fingerprint density at radius 1 is 1.19 bits per heavy atom. The minimum absolute atomic E-state index is 0.143. The van der Waals surface area contributed by atoms with Gasteiger partial charge in [0, 0.05) is 30.9 Å². The zero-order valence-corrected chi connectivity index (χ0v) is 13.3. The lowest BCUT2D eigenvalue weighted by atomic mass is 9.75. The molecule has 1 aromatic carbocycles. The highest BCUT2D eigenvalue weighted by Crippen LogP contribution is 2.34. The summed E-state index contributed by atoms with van der Waals surface area (Å²) in [5.74, 6) is 0.728. The van der Waals surface area contributed by atoms with E-state index >= 15 is 0 Å². The van der Waals surface area contributed by atoms with Gasteiger partial charge in [0.05, 0.1) is 11.1 Å². The zero-order chi connectivity index (χ0) is 14.7.